The van der Waals surface area contributed by atoms with Crippen molar-refractivity contribution in [2.45, 2.75) is 42.1 Å². The normalized spacial score (nSPS) is 12.3. The quantitative estimate of drug-likeness (QED) is 0.493. The van der Waals surface area contributed by atoms with Crippen molar-refractivity contribution in [2.24, 2.45) is 0 Å². The van der Waals surface area contributed by atoms with Crippen LogP contribution in [0.25, 0.3) is 0 Å². The Balaban J connectivity index is 2.07. The maximum atomic E-state index is 5.79. The van der Waals surface area contributed by atoms with Crippen LogP contribution in [0.1, 0.15) is 37.4 Å². The number of rotatable bonds is 6. The lowest BCUT2D eigenvalue weighted by atomic mass is 9.99. The number of nitrogens with zero attached hydrogens (tertiary/aromatic N) is 3. The number of aromatic nitrogens is 3. The highest BCUT2D eigenvalue weighted by atomic mass is 32.2. The van der Waals surface area contributed by atoms with Crippen molar-refractivity contribution in [3.05, 3.63) is 35.7 Å². The Bertz CT molecular complexity index is 604. The number of hydrogen-bond acceptors (Lipinski definition) is 6. The molecule has 1 atom stereocenters. The molecular formula is C15H20N4S2. The van der Waals surface area contributed by atoms with Gasteiger partial charge in [-0.3, -0.25) is 4.98 Å². The second-order valence-electron chi connectivity index (χ2n) is 4.80. The van der Waals surface area contributed by atoms with E-state index in [1.807, 2.05) is 12.5 Å². The number of hydrogen-bond donors (Lipinski definition) is 1. The SMILES string of the molecule is CCC(C)c1ccnc(CSc2nc(N)cc(SC)n2)c1. The molecule has 2 N–H and O–H groups in total. The first kappa shape index (κ1) is 16.1. The first-order chi connectivity index (χ1) is 10.1. The molecular weight excluding hydrogens is 300 g/mol. The summed E-state index contributed by atoms with van der Waals surface area (Å²) in [5.74, 6) is 1.82. The molecule has 4 nitrogen and oxygen atoms in total. The van der Waals surface area contributed by atoms with Crippen molar-refractivity contribution in [3.63, 3.8) is 0 Å². The average Bonchev–Trinajstić information content (AvgIpc) is 2.51. The largest absolute Gasteiger partial charge is 0.384 e. The Kier molecular flexibility index (Phi) is 5.87. The molecule has 0 spiro atoms. The van der Waals surface area contributed by atoms with Crippen LogP contribution < -0.4 is 5.73 Å². The summed E-state index contributed by atoms with van der Waals surface area (Å²) in [7, 11) is 0. The zero-order valence-electron chi connectivity index (χ0n) is 12.5. The molecule has 1 unspecified atom stereocenters. The van der Waals surface area contributed by atoms with Crippen molar-refractivity contribution in [2.75, 3.05) is 12.0 Å². The molecule has 0 bridgehead atoms. The van der Waals surface area contributed by atoms with Crippen LogP contribution in [0.3, 0.4) is 0 Å². The first-order valence-electron chi connectivity index (χ1n) is 6.88. The van der Waals surface area contributed by atoms with Crippen LogP contribution in [0.15, 0.2) is 34.6 Å². The molecule has 2 heterocycles. The van der Waals surface area contributed by atoms with Gasteiger partial charge in [-0.15, -0.1) is 11.8 Å². The number of thioether (sulfide) groups is 2. The van der Waals surface area contributed by atoms with Crippen LogP contribution in [-0.4, -0.2) is 21.2 Å². The van der Waals surface area contributed by atoms with Crippen molar-refractivity contribution < 1.29 is 0 Å². The molecule has 0 saturated carbocycles. The first-order valence-corrected chi connectivity index (χ1v) is 9.09. The third kappa shape index (κ3) is 4.61. The van der Waals surface area contributed by atoms with Crippen LogP contribution in [0.4, 0.5) is 5.82 Å². The van der Waals surface area contributed by atoms with E-state index in [0.717, 1.165) is 22.9 Å². The van der Waals surface area contributed by atoms with Crippen molar-refractivity contribution >= 4 is 29.3 Å². The van der Waals surface area contributed by atoms with E-state index in [0.29, 0.717) is 16.9 Å². The number of anilines is 1. The maximum absolute atomic E-state index is 5.79. The van der Waals surface area contributed by atoms with Gasteiger partial charge in [0.25, 0.3) is 0 Å². The fourth-order valence-electron chi connectivity index (χ4n) is 1.85. The molecule has 0 saturated heterocycles. The summed E-state index contributed by atoms with van der Waals surface area (Å²) in [4.78, 5) is 13.1. The fourth-order valence-corrected chi connectivity index (χ4v) is 3.09. The Labute approximate surface area is 134 Å². The molecule has 2 aromatic rings. The molecule has 112 valence electrons. The molecule has 21 heavy (non-hydrogen) atoms. The second-order valence-corrected chi connectivity index (χ2v) is 6.57. The third-order valence-electron chi connectivity index (χ3n) is 3.28. The summed E-state index contributed by atoms with van der Waals surface area (Å²) in [5, 5.41) is 1.60. The average molecular weight is 320 g/mol. The number of nitrogens with two attached hydrogens (primary N) is 1. The van der Waals surface area contributed by atoms with Gasteiger partial charge in [0.05, 0.1) is 5.69 Å². The zero-order valence-corrected chi connectivity index (χ0v) is 14.2. The summed E-state index contributed by atoms with van der Waals surface area (Å²) >= 11 is 3.14. The molecule has 0 aromatic carbocycles. The van der Waals surface area contributed by atoms with Gasteiger partial charge in [0.1, 0.15) is 10.8 Å². The Morgan fingerprint density at radius 2 is 2.10 bits per heavy atom. The Morgan fingerprint density at radius 1 is 1.29 bits per heavy atom. The lowest BCUT2D eigenvalue weighted by Gasteiger charge is -2.10. The highest BCUT2D eigenvalue weighted by molar-refractivity contribution is 7.99. The van der Waals surface area contributed by atoms with Crippen LogP contribution in [0.5, 0.6) is 0 Å². The standard InChI is InChI=1S/C15H20N4S2/c1-4-10(2)11-5-6-17-12(7-11)9-21-15-18-13(16)8-14(19-15)20-3/h5-8,10H,4,9H2,1-3H3,(H2,16,18,19). The monoisotopic (exact) mass is 320 g/mol. The van der Waals surface area contributed by atoms with E-state index in [4.69, 9.17) is 5.73 Å². The summed E-state index contributed by atoms with van der Waals surface area (Å²) in [6.07, 6.45) is 4.99. The molecule has 0 aliphatic rings. The van der Waals surface area contributed by atoms with Crippen molar-refractivity contribution in [1.82, 2.24) is 15.0 Å². The van der Waals surface area contributed by atoms with Crippen LogP contribution >= 0.6 is 23.5 Å². The van der Waals surface area contributed by atoms with Gasteiger partial charge in [-0.25, -0.2) is 9.97 Å². The molecule has 2 aromatic heterocycles. The number of pyridine rings is 1. The molecule has 2 rings (SSSR count). The van der Waals surface area contributed by atoms with E-state index < -0.39 is 0 Å². The third-order valence-corrected chi connectivity index (χ3v) is 4.79. The molecule has 0 aliphatic carbocycles. The van der Waals surface area contributed by atoms with Gasteiger partial charge in [0.15, 0.2) is 5.16 Å². The van der Waals surface area contributed by atoms with E-state index in [1.165, 1.54) is 5.56 Å². The van der Waals surface area contributed by atoms with Crippen LogP contribution in [0, 0.1) is 0 Å². The van der Waals surface area contributed by atoms with Gasteiger partial charge in [-0.2, -0.15) is 0 Å². The van der Waals surface area contributed by atoms with E-state index in [2.05, 4.69) is 40.9 Å². The number of nitrogen functional groups attached to an aromatic ring is 1. The molecule has 0 amide bonds. The maximum Gasteiger partial charge on any atom is 0.190 e. The summed E-state index contributed by atoms with van der Waals surface area (Å²) in [6, 6.07) is 6.05. The van der Waals surface area contributed by atoms with E-state index in [9.17, 15) is 0 Å². The van der Waals surface area contributed by atoms with E-state index in [1.54, 1.807) is 29.6 Å². The smallest absolute Gasteiger partial charge is 0.190 e. The van der Waals surface area contributed by atoms with Gasteiger partial charge in [0, 0.05) is 18.0 Å². The van der Waals surface area contributed by atoms with Gasteiger partial charge in [-0.05, 0) is 36.3 Å². The highest BCUT2D eigenvalue weighted by Crippen LogP contribution is 2.24. The van der Waals surface area contributed by atoms with E-state index >= 15 is 0 Å². The van der Waals surface area contributed by atoms with Gasteiger partial charge < -0.3 is 5.73 Å². The molecule has 0 fully saturated rings. The van der Waals surface area contributed by atoms with E-state index in [-0.39, 0.29) is 0 Å². The minimum absolute atomic E-state index is 0.512. The minimum Gasteiger partial charge on any atom is -0.384 e. The predicted octanol–water partition coefficient (Wildman–Crippen LogP) is 3.98. The summed E-state index contributed by atoms with van der Waals surface area (Å²) < 4.78 is 0. The van der Waals surface area contributed by atoms with Gasteiger partial charge in [-0.1, -0.05) is 25.6 Å². The van der Waals surface area contributed by atoms with Crippen molar-refractivity contribution in [3.8, 4) is 0 Å². The lowest BCUT2D eigenvalue weighted by Crippen LogP contribution is -1.98. The highest BCUT2D eigenvalue weighted by Gasteiger charge is 2.07. The van der Waals surface area contributed by atoms with Crippen molar-refractivity contribution in [1.29, 1.82) is 0 Å². The van der Waals surface area contributed by atoms with Gasteiger partial charge in [0.2, 0.25) is 0 Å². The Hall–Kier alpha value is -1.27. The molecule has 0 radical (unpaired) electrons. The zero-order chi connectivity index (χ0) is 15.2. The second kappa shape index (κ2) is 7.66. The Morgan fingerprint density at radius 3 is 2.81 bits per heavy atom. The lowest BCUT2D eigenvalue weighted by molar-refractivity contribution is 0.730. The topological polar surface area (TPSA) is 64.7 Å². The molecule has 0 aliphatic heterocycles. The van der Waals surface area contributed by atoms with Crippen LogP contribution in [-0.2, 0) is 5.75 Å². The van der Waals surface area contributed by atoms with Gasteiger partial charge >= 0.3 is 0 Å². The fraction of sp³-hybridized carbons (Fsp3) is 0.400. The summed E-state index contributed by atoms with van der Waals surface area (Å²) in [5.41, 5.74) is 8.18. The predicted molar refractivity (Wildman–Crippen MR) is 90.7 cm³/mol. The molecule has 6 heteroatoms. The minimum atomic E-state index is 0.512. The summed E-state index contributed by atoms with van der Waals surface area (Å²) in [6.45, 7) is 4.43. The van der Waals surface area contributed by atoms with Crippen LogP contribution in [0.2, 0.25) is 0 Å².